The maximum atomic E-state index is 12.8. The molecule has 1 atom stereocenters. The van der Waals surface area contributed by atoms with Crippen molar-refractivity contribution in [3.63, 3.8) is 0 Å². The first kappa shape index (κ1) is 20.0. The van der Waals surface area contributed by atoms with Gasteiger partial charge in [-0.3, -0.25) is 14.4 Å². The van der Waals surface area contributed by atoms with Crippen molar-refractivity contribution < 1.29 is 14.4 Å². The minimum Gasteiger partial charge on any atom is -0.339 e. The van der Waals surface area contributed by atoms with Crippen molar-refractivity contribution in [1.29, 1.82) is 0 Å². The topological polar surface area (TPSA) is 60.9 Å². The van der Waals surface area contributed by atoms with Crippen molar-refractivity contribution in [2.45, 2.75) is 26.3 Å². The molecular weight excluding hydrogens is 389 g/mol. The maximum absolute atomic E-state index is 12.8. The summed E-state index contributed by atoms with van der Waals surface area (Å²) < 4.78 is 0. The summed E-state index contributed by atoms with van der Waals surface area (Å²) >= 11 is 12.1. The number of rotatable bonds is 3. The van der Waals surface area contributed by atoms with Crippen LogP contribution in [0.3, 0.4) is 0 Å². The molecule has 3 amide bonds. The summed E-state index contributed by atoms with van der Waals surface area (Å²) in [7, 11) is 0. The van der Waals surface area contributed by atoms with Gasteiger partial charge in [-0.15, -0.1) is 0 Å². The molecule has 1 aromatic carbocycles. The van der Waals surface area contributed by atoms with Gasteiger partial charge in [0, 0.05) is 50.2 Å². The number of likely N-dealkylation sites (tertiary alicyclic amines) is 1. The zero-order valence-corrected chi connectivity index (χ0v) is 17.0. The highest BCUT2D eigenvalue weighted by Crippen LogP contribution is 2.25. The van der Waals surface area contributed by atoms with Crippen molar-refractivity contribution in [3.05, 3.63) is 33.8 Å². The average molecular weight is 412 g/mol. The molecule has 2 aliphatic heterocycles. The van der Waals surface area contributed by atoms with Gasteiger partial charge in [-0.05, 0) is 32.0 Å². The molecule has 0 N–H and O–H groups in total. The van der Waals surface area contributed by atoms with Crippen LogP contribution in [0.2, 0.25) is 10.0 Å². The van der Waals surface area contributed by atoms with Gasteiger partial charge in [0.05, 0.1) is 16.5 Å². The van der Waals surface area contributed by atoms with E-state index < -0.39 is 0 Å². The van der Waals surface area contributed by atoms with Crippen LogP contribution in [0.15, 0.2) is 18.2 Å². The molecule has 3 rings (SSSR count). The average Bonchev–Trinajstić information content (AvgIpc) is 3.04. The largest absolute Gasteiger partial charge is 0.339 e. The minimum atomic E-state index is -0.287. The molecular formula is C19H23Cl2N3O3. The van der Waals surface area contributed by atoms with Crippen molar-refractivity contribution in [2.75, 3.05) is 32.7 Å². The molecule has 0 aliphatic carbocycles. The van der Waals surface area contributed by atoms with Crippen LogP contribution in [0, 0.1) is 5.92 Å². The summed E-state index contributed by atoms with van der Waals surface area (Å²) in [5.41, 5.74) is 0.373. The first-order valence-corrected chi connectivity index (χ1v) is 9.86. The van der Waals surface area contributed by atoms with E-state index in [9.17, 15) is 14.4 Å². The van der Waals surface area contributed by atoms with E-state index in [1.807, 2.05) is 13.8 Å². The van der Waals surface area contributed by atoms with Crippen LogP contribution in [-0.2, 0) is 9.59 Å². The number of amides is 3. The molecule has 1 unspecified atom stereocenters. The van der Waals surface area contributed by atoms with Crippen LogP contribution in [0.1, 0.15) is 30.6 Å². The molecule has 0 spiro atoms. The van der Waals surface area contributed by atoms with Gasteiger partial charge in [0.2, 0.25) is 11.8 Å². The van der Waals surface area contributed by atoms with Crippen molar-refractivity contribution >= 4 is 40.9 Å². The van der Waals surface area contributed by atoms with E-state index in [0.29, 0.717) is 48.3 Å². The summed E-state index contributed by atoms with van der Waals surface area (Å²) in [6.07, 6.45) is 0.272. The highest BCUT2D eigenvalue weighted by atomic mass is 35.5. The molecule has 0 bridgehead atoms. The van der Waals surface area contributed by atoms with Crippen molar-refractivity contribution in [1.82, 2.24) is 14.7 Å². The summed E-state index contributed by atoms with van der Waals surface area (Å²) in [6.45, 7) is 6.16. The first-order valence-electron chi connectivity index (χ1n) is 9.10. The molecule has 146 valence electrons. The van der Waals surface area contributed by atoms with E-state index in [-0.39, 0.29) is 36.1 Å². The second-order valence-electron chi connectivity index (χ2n) is 7.28. The van der Waals surface area contributed by atoms with Crippen LogP contribution in [0.4, 0.5) is 0 Å². The molecule has 2 heterocycles. The molecule has 8 heteroatoms. The number of carbonyl (C=O) groups is 3. The van der Waals surface area contributed by atoms with Crippen molar-refractivity contribution in [2.24, 2.45) is 5.92 Å². The molecule has 27 heavy (non-hydrogen) atoms. The fourth-order valence-electron chi connectivity index (χ4n) is 3.62. The summed E-state index contributed by atoms with van der Waals surface area (Å²) in [4.78, 5) is 42.7. The van der Waals surface area contributed by atoms with Crippen LogP contribution < -0.4 is 0 Å². The predicted octanol–water partition coefficient (Wildman–Crippen LogP) is 2.53. The second-order valence-corrected chi connectivity index (χ2v) is 8.13. The van der Waals surface area contributed by atoms with E-state index in [1.54, 1.807) is 32.9 Å². The lowest BCUT2D eigenvalue weighted by Gasteiger charge is -2.36. The van der Waals surface area contributed by atoms with Gasteiger partial charge in [-0.25, -0.2) is 0 Å². The Hall–Kier alpha value is -1.79. The fourth-order valence-corrected chi connectivity index (χ4v) is 3.99. The summed E-state index contributed by atoms with van der Waals surface area (Å²) in [5.74, 6) is -0.437. The first-order chi connectivity index (χ1) is 12.8. The Morgan fingerprint density at radius 3 is 2.30 bits per heavy atom. The van der Waals surface area contributed by atoms with Gasteiger partial charge < -0.3 is 14.7 Å². The number of benzene rings is 1. The van der Waals surface area contributed by atoms with E-state index in [2.05, 4.69) is 0 Å². The summed E-state index contributed by atoms with van der Waals surface area (Å²) in [6, 6.07) is 4.91. The fraction of sp³-hybridized carbons (Fsp3) is 0.526. The van der Waals surface area contributed by atoms with E-state index in [4.69, 9.17) is 23.2 Å². The Balaban J connectivity index is 1.59. The lowest BCUT2D eigenvalue weighted by Crippen LogP contribution is -2.52. The third-order valence-corrected chi connectivity index (χ3v) is 5.73. The monoisotopic (exact) mass is 411 g/mol. The number of nitrogens with zero attached hydrogens (tertiary/aromatic N) is 3. The van der Waals surface area contributed by atoms with Crippen LogP contribution in [-0.4, -0.2) is 71.2 Å². The van der Waals surface area contributed by atoms with Crippen molar-refractivity contribution in [3.8, 4) is 0 Å². The molecule has 0 saturated carbocycles. The smallest absolute Gasteiger partial charge is 0.255 e. The normalized spacial score (nSPS) is 20.6. The number of hydrogen-bond donors (Lipinski definition) is 0. The lowest BCUT2D eigenvalue weighted by molar-refractivity contribution is -0.137. The Morgan fingerprint density at radius 2 is 1.70 bits per heavy atom. The third kappa shape index (κ3) is 4.22. The highest BCUT2D eigenvalue weighted by molar-refractivity contribution is 6.35. The molecule has 2 fully saturated rings. The van der Waals surface area contributed by atoms with Crippen LogP contribution >= 0.6 is 23.2 Å². The van der Waals surface area contributed by atoms with Crippen LogP contribution in [0.25, 0.3) is 0 Å². The predicted molar refractivity (Wildman–Crippen MR) is 104 cm³/mol. The Kier molecular flexibility index (Phi) is 5.96. The van der Waals surface area contributed by atoms with Gasteiger partial charge in [0.1, 0.15) is 0 Å². The Labute approximate surface area is 169 Å². The molecule has 1 aromatic rings. The van der Waals surface area contributed by atoms with Gasteiger partial charge in [-0.2, -0.15) is 0 Å². The summed E-state index contributed by atoms with van der Waals surface area (Å²) in [5, 5.41) is 0.818. The van der Waals surface area contributed by atoms with E-state index >= 15 is 0 Å². The van der Waals surface area contributed by atoms with Gasteiger partial charge >= 0.3 is 0 Å². The standard InChI is InChI=1S/C19H23Cl2N3O3/c1-12(2)24-11-13(9-17(24)25)18(26)22-5-7-23(8-6-22)19(27)15-10-14(20)3-4-16(15)21/h3-4,10,12-13H,5-9,11H2,1-2H3. The number of halogens is 2. The zero-order chi connectivity index (χ0) is 19.7. The van der Waals surface area contributed by atoms with Gasteiger partial charge in [0.25, 0.3) is 5.91 Å². The highest BCUT2D eigenvalue weighted by Gasteiger charge is 2.38. The van der Waals surface area contributed by atoms with E-state index in [1.165, 1.54) is 0 Å². The Bertz CT molecular complexity index is 761. The Morgan fingerprint density at radius 1 is 1.07 bits per heavy atom. The molecule has 0 aromatic heterocycles. The number of hydrogen-bond acceptors (Lipinski definition) is 3. The molecule has 2 saturated heterocycles. The molecule has 2 aliphatic rings. The third-order valence-electron chi connectivity index (χ3n) is 5.17. The van der Waals surface area contributed by atoms with Gasteiger partial charge in [0.15, 0.2) is 0 Å². The van der Waals surface area contributed by atoms with Crippen LogP contribution in [0.5, 0.6) is 0 Å². The number of carbonyl (C=O) groups excluding carboxylic acids is 3. The zero-order valence-electron chi connectivity index (χ0n) is 15.5. The maximum Gasteiger partial charge on any atom is 0.255 e. The molecule has 0 radical (unpaired) electrons. The number of piperazine rings is 1. The van der Waals surface area contributed by atoms with Gasteiger partial charge in [-0.1, -0.05) is 23.2 Å². The second kappa shape index (κ2) is 8.07. The molecule has 6 nitrogen and oxygen atoms in total. The van der Waals surface area contributed by atoms with E-state index in [0.717, 1.165) is 0 Å². The SMILES string of the molecule is CC(C)N1CC(C(=O)N2CCN(C(=O)c3cc(Cl)ccc3Cl)CC2)CC1=O. The quantitative estimate of drug-likeness (QED) is 0.767. The lowest BCUT2D eigenvalue weighted by atomic mass is 10.1. The minimum absolute atomic E-state index is 0.000568.